The molecule has 1 N–H and O–H groups in total. The van der Waals surface area contributed by atoms with Gasteiger partial charge in [0, 0.05) is 36.8 Å². The van der Waals surface area contributed by atoms with Crippen molar-refractivity contribution >= 4 is 23.3 Å². The van der Waals surface area contributed by atoms with E-state index >= 15 is 0 Å². The lowest BCUT2D eigenvalue weighted by atomic mass is 9.83. The van der Waals surface area contributed by atoms with Crippen LogP contribution < -0.4 is 4.90 Å². The van der Waals surface area contributed by atoms with Gasteiger partial charge in [0.25, 0.3) is 0 Å². The summed E-state index contributed by atoms with van der Waals surface area (Å²) in [4.78, 5) is 26.8. The van der Waals surface area contributed by atoms with E-state index in [9.17, 15) is 9.90 Å². The van der Waals surface area contributed by atoms with Gasteiger partial charge in [-0.05, 0) is 48.3 Å². The fourth-order valence-electron chi connectivity index (χ4n) is 5.02. The standard InChI is InChI=1S/C26H35ClN4O2/c1-17-15-21(32)23-22(17)24(29-16-28-23)30-11-13-31(14-12-30)25(33)20(9-10-26(2,3)4)18-5-7-19(27)8-6-18/h5-8,16-17,20-21,32H,9-15H2,1-4H3/t17-,20-,21-/m1/s1. The van der Waals surface area contributed by atoms with E-state index in [-0.39, 0.29) is 23.2 Å². The van der Waals surface area contributed by atoms with Crippen LogP contribution in [0.2, 0.25) is 5.02 Å². The molecular weight excluding hydrogens is 436 g/mol. The van der Waals surface area contributed by atoms with Crippen LogP contribution in [0.15, 0.2) is 30.6 Å². The normalized spacial score (nSPS) is 21.8. The number of fused-ring (bicyclic) bond motifs is 1. The molecule has 1 aromatic heterocycles. The molecule has 1 fully saturated rings. The molecule has 1 aliphatic heterocycles. The van der Waals surface area contributed by atoms with E-state index in [1.165, 1.54) is 0 Å². The van der Waals surface area contributed by atoms with Crippen LogP contribution in [0.3, 0.4) is 0 Å². The molecule has 0 spiro atoms. The molecule has 2 heterocycles. The summed E-state index contributed by atoms with van der Waals surface area (Å²) in [6.07, 6.45) is 3.52. The summed E-state index contributed by atoms with van der Waals surface area (Å²) in [5.74, 6) is 1.18. The number of hydrogen-bond acceptors (Lipinski definition) is 5. The van der Waals surface area contributed by atoms with Gasteiger partial charge in [-0.15, -0.1) is 0 Å². The summed E-state index contributed by atoms with van der Waals surface area (Å²) in [6, 6.07) is 7.72. The van der Waals surface area contributed by atoms with Crippen molar-refractivity contribution in [3.8, 4) is 0 Å². The Morgan fingerprint density at radius 3 is 2.45 bits per heavy atom. The highest BCUT2D eigenvalue weighted by atomic mass is 35.5. The Balaban J connectivity index is 1.48. The van der Waals surface area contributed by atoms with Crippen molar-refractivity contribution in [2.75, 3.05) is 31.1 Å². The number of aliphatic hydroxyl groups is 1. The smallest absolute Gasteiger partial charge is 0.230 e. The number of halogens is 1. The molecule has 1 amide bonds. The van der Waals surface area contributed by atoms with Crippen LogP contribution in [-0.4, -0.2) is 52.1 Å². The average molecular weight is 471 g/mol. The van der Waals surface area contributed by atoms with Gasteiger partial charge in [-0.25, -0.2) is 9.97 Å². The molecule has 0 unspecified atom stereocenters. The van der Waals surface area contributed by atoms with E-state index in [2.05, 4.69) is 42.6 Å². The third kappa shape index (κ3) is 5.33. The van der Waals surface area contributed by atoms with E-state index in [4.69, 9.17) is 11.6 Å². The van der Waals surface area contributed by atoms with Crippen molar-refractivity contribution in [2.24, 2.45) is 5.41 Å². The van der Waals surface area contributed by atoms with Crippen LogP contribution in [0, 0.1) is 5.41 Å². The summed E-state index contributed by atoms with van der Waals surface area (Å²) >= 11 is 6.10. The number of aliphatic hydroxyl groups excluding tert-OH is 1. The number of benzene rings is 1. The van der Waals surface area contributed by atoms with E-state index in [0.29, 0.717) is 24.5 Å². The van der Waals surface area contributed by atoms with Gasteiger partial charge < -0.3 is 14.9 Å². The Hall–Kier alpha value is -2.18. The number of carbonyl (C=O) groups is 1. The lowest BCUT2D eigenvalue weighted by Crippen LogP contribution is -2.50. The minimum Gasteiger partial charge on any atom is -0.387 e. The first-order valence-corrected chi connectivity index (χ1v) is 12.3. The van der Waals surface area contributed by atoms with Gasteiger partial charge in [-0.3, -0.25) is 4.79 Å². The summed E-state index contributed by atoms with van der Waals surface area (Å²) in [5.41, 5.74) is 3.02. The molecule has 7 heteroatoms. The highest BCUT2D eigenvalue weighted by Gasteiger charge is 2.35. The summed E-state index contributed by atoms with van der Waals surface area (Å²) in [7, 11) is 0. The van der Waals surface area contributed by atoms with E-state index < -0.39 is 6.10 Å². The van der Waals surface area contributed by atoms with Crippen LogP contribution in [0.1, 0.15) is 81.7 Å². The van der Waals surface area contributed by atoms with Crippen molar-refractivity contribution in [3.05, 3.63) is 52.4 Å². The Kier molecular flexibility index (Phi) is 6.96. The first-order valence-electron chi connectivity index (χ1n) is 12.0. The first kappa shape index (κ1) is 24.0. The van der Waals surface area contributed by atoms with Gasteiger partial charge in [0.1, 0.15) is 12.1 Å². The van der Waals surface area contributed by atoms with Crippen molar-refractivity contribution < 1.29 is 9.90 Å². The fourth-order valence-corrected chi connectivity index (χ4v) is 5.14. The van der Waals surface area contributed by atoms with Crippen molar-refractivity contribution in [3.63, 3.8) is 0 Å². The number of piperazine rings is 1. The molecule has 3 atom stereocenters. The Morgan fingerprint density at radius 2 is 1.82 bits per heavy atom. The number of amides is 1. The van der Waals surface area contributed by atoms with E-state index in [0.717, 1.165) is 48.6 Å². The molecule has 0 bridgehead atoms. The molecule has 178 valence electrons. The minimum atomic E-state index is -0.512. The zero-order valence-electron chi connectivity index (χ0n) is 20.1. The Bertz CT molecular complexity index is 981. The van der Waals surface area contributed by atoms with E-state index in [1.54, 1.807) is 6.33 Å². The third-order valence-electron chi connectivity index (χ3n) is 6.92. The first-order chi connectivity index (χ1) is 15.6. The van der Waals surface area contributed by atoms with Crippen LogP contribution >= 0.6 is 11.6 Å². The maximum atomic E-state index is 13.6. The highest BCUT2D eigenvalue weighted by Crippen LogP contribution is 2.43. The topological polar surface area (TPSA) is 69.6 Å². The van der Waals surface area contributed by atoms with Crippen LogP contribution in [-0.2, 0) is 4.79 Å². The number of carbonyl (C=O) groups excluding carboxylic acids is 1. The van der Waals surface area contributed by atoms with Crippen molar-refractivity contribution in [1.82, 2.24) is 14.9 Å². The van der Waals surface area contributed by atoms with Gasteiger partial charge >= 0.3 is 0 Å². The molecule has 1 aromatic carbocycles. The maximum Gasteiger partial charge on any atom is 0.230 e. The number of nitrogens with zero attached hydrogens (tertiary/aromatic N) is 4. The molecule has 2 aliphatic rings. The highest BCUT2D eigenvalue weighted by molar-refractivity contribution is 6.30. The number of aromatic nitrogens is 2. The summed E-state index contributed by atoms with van der Waals surface area (Å²) in [5, 5.41) is 11.0. The number of hydrogen-bond donors (Lipinski definition) is 1. The fraction of sp³-hybridized carbons (Fsp3) is 0.577. The second-order valence-corrected chi connectivity index (χ2v) is 11.1. The molecule has 4 rings (SSSR count). The molecule has 33 heavy (non-hydrogen) atoms. The predicted molar refractivity (Wildman–Crippen MR) is 132 cm³/mol. The molecule has 1 saturated heterocycles. The second-order valence-electron chi connectivity index (χ2n) is 10.7. The van der Waals surface area contributed by atoms with Crippen LogP contribution in [0.5, 0.6) is 0 Å². The van der Waals surface area contributed by atoms with Gasteiger partial charge in [0.2, 0.25) is 5.91 Å². The van der Waals surface area contributed by atoms with Crippen molar-refractivity contribution in [2.45, 2.75) is 64.9 Å². The van der Waals surface area contributed by atoms with Gasteiger partial charge in [0.15, 0.2) is 0 Å². The number of rotatable bonds is 5. The Labute approximate surface area is 202 Å². The lowest BCUT2D eigenvalue weighted by Gasteiger charge is -2.38. The third-order valence-corrected chi connectivity index (χ3v) is 7.18. The molecule has 0 radical (unpaired) electrons. The summed E-state index contributed by atoms with van der Waals surface area (Å²) in [6.45, 7) is 11.5. The Morgan fingerprint density at radius 1 is 1.15 bits per heavy atom. The van der Waals surface area contributed by atoms with Crippen molar-refractivity contribution in [1.29, 1.82) is 0 Å². The minimum absolute atomic E-state index is 0.161. The van der Waals surface area contributed by atoms with Gasteiger partial charge in [-0.2, -0.15) is 0 Å². The monoisotopic (exact) mass is 470 g/mol. The quantitative estimate of drug-likeness (QED) is 0.671. The van der Waals surface area contributed by atoms with Gasteiger partial charge in [-0.1, -0.05) is 51.4 Å². The second kappa shape index (κ2) is 9.59. The average Bonchev–Trinajstić information content (AvgIpc) is 3.08. The summed E-state index contributed by atoms with van der Waals surface area (Å²) < 4.78 is 0. The van der Waals surface area contributed by atoms with E-state index in [1.807, 2.05) is 29.2 Å². The predicted octanol–water partition coefficient (Wildman–Crippen LogP) is 4.93. The largest absolute Gasteiger partial charge is 0.387 e. The number of anilines is 1. The molecule has 2 aromatic rings. The SMILES string of the molecule is C[C@@H]1C[C@@H](O)c2ncnc(N3CCN(C(=O)[C@H](CCC(C)(C)C)c4ccc(Cl)cc4)CC3)c21. The maximum absolute atomic E-state index is 13.6. The zero-order valence-corrected chi connectivity index (χ0v) is 20.8. The lowest BCUT2D eigenvalue weighted by molar-refractivity contribution is -0.133. The van der Waals surface area contributed by atoms with Gasteiger partial charge in [0.05, 0.1) is 17.7 Å². The molecule has 1 aliphatic carbocycles. The van der Waals surface area contributed by atoms with Crippen LogP contribution in [0.25, 0.3) is 0 Å². The molecule has 6 nitrogen and oxygen atoms in total. The zero-order chi connectivity index (χ0) is 23.8. The molecular formula is C26H35ClN4O2. The molecule has 0 saturated carbocycles. The van der Waals surface area contributed by atoms with Crippen LogP contribution in [0.4, 0.5) is 5.82 Å².